The molecule has 4 heterocycles. The number of thiazole rings is 1. The number of nitrogens with one attached hydrogen (secondary N) is 1. The monoisotopic (exact) mass is 554 g/mol. The molecule has 0 bridgehead atoms. The van der Waals surface area contributed by atoms with E-state index in [-0.39, 0.29) is 5.82 Å². The molecule has 1 fully saturated rings. The zero-order valence-corrected chi connectivity index (χ0v) is 23.1. The van der Waals surface area contributed by atoms with Gasteiger partial charge in [0.25, 0.3) is 0 Å². The number of hydrogen-bond donors (Lipinski definition) is 1. The highest BCUT2D eigenvalue weighted by atomic mass is 32.1. The van der Waals surface area contributed by atoms with E-state index >= 15 is 0 Å². The molecule has 8 nitrogen and oxygen atoms in total. The van der Waals surface area contributed by atoms with Gasteiger partial charge in [0, 0.05) is 43.0 Å². The Morgan fingerprint density at radius 2 is 1.56 bits per heavy atom. The average molecular weight is 555 g/mol. The summed E-state index contributed by atoms with van der Waals surface area (Å²) in [5, 5.41) is 12.5. The third-order valence-electron chi connectivity index (χ3n) is 7.49. The topological polar surface area (TPSA) is 104 Å². The number of aromatic nitrogens is 5. The molecule has 3 aromatic carbocycles. The second-order valence-corrected chi connectivity index (χ2v) is 11.1. The van der Waals surface area contributed by atoms with E-state index in [0.717, 1.165) is 76.2 Å². The highest BCUT2D eigenvalue weighted by Crippen LogP contribution is 2.33. The summed E-state index contributed by atoms with van der Waals surface area (Å²) >= 11 is 1.62. The van der Waals surface area contributed by atoms with E-state index in [4.69, 9.17) is 15.2 Å². The van der Waals surface area contributed by atoms with E-state index in [9.17, 15) is 0 Å². The number of likely N-dealkylation sites (tertiary alicyclic amines) is 1. The van der Waals surface area contributed by atoms with Crippen LogP contribution in [0.5, 0.6) is 0 Å². The number of nitrogens with zero attached hydrogens (tertiary/aromatic N) is 7. The summed E-state index contributed by atoms with van der Waals surface area (Å²) in [4.78, 5) is 25.4. The van der Waals surface area contributed by atoms with Crippen LogP contribution in [0, 0.1) is 11.3 Å². The Balaban J connectivity index is 1.09. The van der Waals surface area contributed by atoms with Gasteiger partial charge in [0.15, 0.2) is 0 Å². The largest absolute Gasteiger partial charge is 0.367 e. The molecule has 41 heavy (non-hydrogen) atoms. The van der Waals surface area contributed by atoms with E-state index < -0.39 is 0 Å². The van der Waals surface area contributed by atoms with Crippen LogP contribution in [-0.2, 0) is 6.54 Å². The third kappa shape index (κ3) is 5.35. The molecule has 1 aliphatic heterocycles. The molecule has 0 atom stereocenters. The van der Waals surface area contributed by atoms with Gasteiger partial charge >= 0.3 is 0 Å². The summed E-state index contributed by atoms with van der Waals surface area (Å²) in [6, 6.07) is 27.3. The Morgan fingerprint density at radius 1 is 0.829 bits per heavy atom. The van der Waals surface area contributed by atoms with Gasteiger partial charge in [-0.2, -0.15) is 5.26 Å². The van der Waals surface area contributed by atoms with Gasteiger partial charge in [-0.25, -0.2) is 24.9 Å². The van der Waals surface area contributed by atoms with Crippen molar-refractivity contribution in [2.45, 2.75) is 25.4 Å². The number of benzene rings is 3. The minimum atomic E-state index is 0.193. The number of piperidine rings is 1. The van der Waals surface area contributed by atoms with Gasteiger partial charge in [-0.05, 0) is 36.6 Å². The highest BCUT2D eigenvalue weighted by molar-refractivity contribution is 7.16. The van der Waals surface area contributed by atoms with Gasteiger partial charge in [-0.1, -0.05) is 54.6 Å². The lowest BCUT2D eigenvalue weighted by Gasteiger charge is -2.32. The first-order valence-electron chi connectivity index (χ1n) is 13.6. The molecule has 0 radical (unpaired) electrons. The fourth-order valence-electron chi connectivity index (χ4n) is 5.37. The first kappa shape index (κ1) is 25.2. The molecular weight excluding hydrogens is 528 g/mol. The smallest absolute Gasteiger partial charge is 0.234 e. The van der Waals surface area contributed by atoms with Crippen LogP contribution in [0.15, 0.2) is 84.5 Å². The van der Waals surface area contributed by atoms with Gasteiger partial charge in [0.05, 0.1) is 38.1 Å². The fraction of sp³-hybridized carbons (Fsp3) is 0.188. The SMILES string of the molecule is N#Cc1nccc(NC2CCN(Cc3ccc(-c4nc5cc6scnc6cc5nc4-c4ccccc4)cc3)CC2)n1. The van der Waals surface area contributed by atoms with Crippen molar-refractivity contribution in [3.8, 4) is 28.6 Å². The first-order valence-corrected chi connectivity index (χ1v) is 14.5. The molecule has 200 valence electrons. The predicted molar refractivity (Wildman–Crippen MR) is 162 cm³/mol. The lowest BCUT2D eigenvalue weighted by molar-refractivity contribution is 0.211. The molecule has 3 aromatic heterocycles. The molecule has 6 aromatic rings. The number of rotatable bonds is 6. The molecule has 0 spiro atoms. The average Bonchev–Trinajstić information content (AvgIpc) is 3.48. The van der Waals surface area contributed by atoms with E-state index in [1.807, 2.05) is 41.9 Å². The molecule has 1 N–H and O–H groups in total. The van der Waals surface area contributed by atoms with E-state index in [2.05, 4.69) is 67.6 Å². The summed E-state index contributed by atoms with van der Waals surface area (Å²) in [5.41, 5.74) is 9.68. The normalized spacial score (nSPS) is 14.3. The lowest BCUT2D eigenvalue weighted by atomic mass is 10.0. The van der Waals surface area contributed by atoms with Crippen LogP contribution in [0.2, 0.25) is 0 Å². The molecule has 0 unspecified atom stereocenters. The minimum absolute atomic E-state index is 0.193. The maximum atomic E-state index is 9.04. The number of hydrogen-bond acceptors (Lipinski definition) is 9. The predicted octanol–water partition coefficient (Wildman–Crippen LogP) is 6.31. The third-order valence-corrected chi connectivity index (χ3v) is 8.28. The Labute approximate surface area is 241 Å². The highest BCUT2D eigenvalue weighted by Gasteiger charge is 2.20. The first-order chi connectivity index (χ1) is 20.2. The van der Waals surface area contributed by atoms with Crippen LogP contribution in [0.4, 0.5) is 5.82 Å². The maximum Gasteiger partial charge on any atom is 0.234 e. The maximum absolute atomic E-state index is 9.04. The van der Waals surface area contributed by atoms with Gasteiger partial charge in [0.1, 0.15) is 11.9 Å². The molecule has 7 rings (SSSR count). The Morgan fingerprint density at radius 3 is 2.32 bits per heavy atom. The summed E-state index contributed by atoms with van der Waals surface area (Å²) in [6.07, 6.45) is 3.66. The number of fused-ring (bicyclic) bond motifs is 2. The molecule has 0 amide bonds. The summed E-state index contributed by atoms with van der Waals surface area (Å²) in [5.74, 6) is 0.910. The number of anilines is 1. The zero-order chi connectivity index (χ0) is 27.6. The minimum Gasteiger partial charge on any atom is -0.367 e. The van der Waals surface area contributed by atoms with Gasteiger partial charge in [-0.15, -0.1) is 11.3 Å². The quantitative estimate of drug-likeness (QED) is 0.255. The van der Waals surface area contributed by atoms with Crippen LogP contribution in [0.3, 0.4) is 0 Å². The Bertz CT molecular complexity index is 1870. The second kappa shape index (κ2) is 11.0. The van der Waals surface area contributed by atoms with Crippen LogP contribution >= 0.6 is 11.3 Å². The molecule has 1 aliphatic rings. The van der Waals surface area contributed by atoms with Crippen molar-refractivity contribution in [1.29, 1.82) is 5.26 Å². The van der Waals surface area contributed by atoms with Gasteiger partial charge in [-0.3, -0.25) is 4.90 Å². The Kier molecular flexibility index (Phi) is 6.77. The van der Waals surface area contributed by atoms with Crippen molar-refractivity contribution in [2.24, 2.45) is 0 Å². The summed E-state index contributed by atoms with van der Waals surface area (Å²) in [7, 11) is 0. The van der Waals surface area contributed by atoms with E-state index in [0.29, 0.717) is 11.9 Å². The molecule has 0 aliphatic carbocycles. The molecule has 0 saturated carbocycles. The van der Waals surface area contributed by atoms with Crippen molar-refractivity contribution in [3.05, 3.63) is 95.9 Å². The summed E-state index contributed by atoms with van der Waals surface area (Å²) in [6.45, 7) is 2.89. The van der Waals surface area contributed by atoms with Crippen LogP contribution in [0.25, 0.3) is 43.8 Å². The Hall–Kier alpha value is -4.78. The van der Waals surface area contributed by atoms with E-state index in [1.165, 1.54) is 5.56 Å². The van der Waals surface area contributed by atoms with Crippen molar-refractivity contribution < 1.29 is 0 Å². The van der Waals surface area contributed by atoms with Crippen molar-refractivity contribution >= 4 is 38.4 Å². The molecule has 9 heteroatoms. The fourth-order valence-corrected chi connectivity index (χ4v) is 6.06. The van der Waals surface area contributed by atoms with Crippen LogP contribution in [-0.4, -0.2) is 49.0 Å². The lowest BCUT2D eigenvalue weighted by Crippen LogP contribution is -2.38. The van der Waals surface area contributed by atoms with Gasteiger partial charge in [0.2, 0.25) is 5.82 Å². The summed E-state index contributed by atoms with van der Waals surface area (Å²) < 4.78 is 1.11. The van der Waals surface area contributed by atoms with Crippen molar-refractivity contribution in [2.75, 3.05) is 18.4 Å². The van der Waals surface area contributed by atoms with Crippen molar-refractivity contribution in [1.82, 2.24) is 29.8 Å². The molecular formula is C32H26N8S. The second-order valence-electron chi connectivity index (χ2n) is 10.2. The van der Waals surface area contributed by atoms with Crippen LogP contribution < -0.4 is 5.32 Å². The van der Waals surface area contributed by atoms with E-state index in [1.54, 1.807) is 17.5 Å². The standard InChI is InChI=1S/C32H26N8S/c33-18-30-34-13-10-29(39-30)36-24-11-14-40(15-12-24)19-21-6-8-23(9-7-21)32-31(22-4-2-1-3-5-22)37-25-16-27-28(41-20-35-27)17-26(25)38-32/h1-10,13,16-17,20,24H,11-12,14-15,19H2,(H,34,36,39). The van der Waals surface area contributed by atoms with Gasteiger partial charge < -0.3 is 5.32 Å². The molecule has 1 saturated heterocycles. The van der Waals surface area contributed by atoms with Crippen molar-refractivity contribution in [3.63, 3.8) is 0 Å². The van der Waals surface area contributed by atoms with Crippen LogP contribution in [0.1, 0.15) is 24.2 Å². The number of nitriles is 1. The zero-order valence-electron chi connectivity index (χ0n) is 22.2.